The number of carbonyl (C=O) groups excluding carboxylic acids is 3. The standard InChI is InChI=1S/C27H32N4O4/c1-19-5-6-20(2)22(15-19)28-11-13-29(14-12-28)25(32)17-31-23-16-21(27(34)30-9-3-4-10-30)7-8-24(23)35-18-26(31)33/h5-8,15-16H,3-4,9-14,17-18H2,1-2H3. The van der Waals surface area contributed by atoms with Gasteiger partial charge in [0.1, 0.15) is 12.3 Å². The van der Waals surface area contributed by atoms with Gasteiger partial charge in [-0.05, 0) is 62.1 Å². The number of hydrogen-bond acceptors (Lipinski definition) is 5. The Labute approximate surface area is 206 Å². The number of aryl methyl sites for hydroxylation is 2. The fourth-order valence-electron chi connectivity index (χ4n) is 5.10. The Bertz CT molecular complexity index is 1150. The summed E-state index contributed by atoms with van der Waals surface area (Å²) in [4.78, 5) is 46.3. The van der Waals surface area contributed by atoms with Crippen LogP contribution in [0, 0.1) is 13.8 Å². The molecular weight excluding hydrogens is 444 g/mol. The maximum Gasteiger partial charge on any atom is 0.265 e. The van der Waals surface area contributed by atoms with E-state index in [2.05, 4.69) is 36.9 Å². The number of nitrogens with zero attached hydrogens (tertiary/aromatic N) is 4. The lowest BCUT2D eigenvalue weighted by molar-refractivity contribution is -0.132. The Hall–Kier alpha value is -3.55. The molecule has 2 aromatic carbocycles. The van der Waals surface area contributed by atoms with Crippen LogP contribution in [0.1, 0.15) is 34.3 Å². The maximum atomic E-state index is 13.2. The highest BCUT2D eigenvalue weighted by Gasteiger charge is 2.31. The van der Waals surface area contributed by atoms with Crippen LogP contribution in [0.5, 0.6) is 5.75 Å². The van der Waals surface area contributed by atoms with Crippen molar-refractivity contribution in [2.45, 2.75) is 26.7 Å². The molecule has 8 heteroatoms. The minimum Gasteiger partial charge on any atom is -0.482 e. The highest BCUT2D eigenvalue weighted by molar-refractivity contribution is 6.04. The molecule has 8 nitrogen and oxygen atoms in total. The van der Waals surface area contributed by atoms with E-state index in [1.807, 2.05) is 9.80 Å². The number of amides is 3. The second-order valence-electron chi connectivity index (χ2n) is 9.61. The molecule has 0 aromatic heterocycles. The van der Waals surface area contributed by atoms with Gasteiger partial charge in [0.05, 0.1) is 5.69 Å². The van der Waals surface area contributed by atoms with Crippen LogP contribution in [0.4, 0.5) is 11.4 Å². The fourth-order valence-corrected chi connectivity index (χ4v) is 5.10. The summed E-state index contributed by atoms with van der Waals surface area (Å²) in [6.45, 7) is 8.23. The number of ether oxygens (including phenoxy) is 1. The SMILES string of the molecule is Cc1ccc(C)c(N2CCN(C(=O)CN3C(=O)COc4ccc(C(=O)N5CCCC5)cc43)CC2)c1. The summed E-state index contributed by atoms with van der Waals surface area (Å²) in [7, 11) is 0. The molecule has 0 saturated carbocycles. The third-order valence-corrected chi connectivity index (χ3v) is 7.17. The van der Waals surface area contributed by atoms with Crippen molar-refractivity contribution < 1.29 is 19.1 Å². The minimum absolute atomic E-state index is 0.0443. The monoisotopic (exact) mass is 476 g/mol. The third-order valence-electron chi connectivity index (χ3n) is 7.17. The lowest BCUT2D eigenvalue weighted by Gasteiger charge is -2.38. The molecule has 5 rings (SSSR count). The summed E-state index contributed by atoms with van der Waals surface area (Å²) in [5.74, 6) is 0.112. The van der Waals surface area contributed by atoms with Gasteiger partial charge in [-0.2, -0.15) is 0 Å². The number of fused-ring (bicyclic) bond motifs is 1. The van der Waals surface area contributed by atoms with E-state index in [1.54, 1.807) is 18.2 Å². The second-order valence-corrected chi connectivity index (χ2v) is 9.61. The molecule has 0 bridgehead atoms. The number of benzene rings is 2. The molecule has 184 valence electrons. The molecule has 3 heterocycles. The first-order valence-corrected chi connectivity index (χ1v) is 12.4. The van der Waals surface area contributed by atoms with Crippen LogP contribution in [-0.4, -0.2) is 79.9 Å². The molecule has 2 fully saturated rings. The van der Waals surface area contributed by atoms with E-state index in [0.717, 1.165) is 39.0 Å². The van der Waals surface area contributed by atoms with Crippen LogP contribution < -0.4 is 14.5 Å². The Morgan fingerprint density at radius 1 is 0.857 bits per heavy atom. The largest absolute Gasteiger partial charge is 0.482 e. The van der Waals surface area contributed by atoms with Crippen molar-refractivity contribution in [1.82, 2.24) is 9.80 Å². The molecule has 2 saturated heterocycles. The van der Waals surface area contributed by atoms with E-state index in [0.29, 0.717) is 30.1 Å². The molecule has 0 atom stereocenters. The van der Waals surface area contributed by atoms with Crippen molar-refractivity contribution >= 4 is 29.1 Å². The van der Waals surface area contributed by atoms with Gasteiger partial charge in [0, 0.05) is 50.5 Å². The van der Waals surface area contributed by atoms with Gasteiger partial charge in [-0.25, -0.2) is 0 Å². The summed E-state index contributed by atoms with van der Waals surface area (Å²) in [5.41, 5.74) is 4.67. The molecule has 35 heavy (non-hydrogen) atoms. The molecule has 3 aliphatic rings. The zero-order valence-corrected chi connectivity index (χ0v) is 20.5. The summed E-state index contributed by atoms with van der Waals surface area (Å²) in [6, 6.07) is 11.6. The molecular formula is C27H32N4O4. The van der Waals surface area contributed by atoms with E-state index < -0.39 is 0 Å². The van der Waals surface area contributed by atoms with Crippen molar-refractivity contribution in [3.63, 3.8) is 0 Å². The van der Waals surface area contributed by atoms with Gasteiger partial charge in [0.15, 0.2) is 6.61 Å². The first-order chi connectivity index (χ1) is 16.9. The number of hydrogen-bond donors (Lipinski definition) is 0. The predicted molar refractivity (Wildman–Crippen MR) is 134 cm³/mol. The van der Waals surface area contributed by atoms with Crippen LogP contribution in [0.3, 0.4) is 0 Å². The van der Waals surface area contributed by atoms with E-state index in [9.17, 15) is 14.4 Å². The Morgan fingerprint density at radius 3 is 2.34 bits per heavy atom. The van der Waals surface area contributed by atoms with Crippen molar-refractivity contribution in [2.75, 3.05) is 62.2 Å². The van der Waals surface area contributed by atoms with E-state index in [-0.39, 0.29) is 30.9 Å². The van der Waals surface area contributed by atoms with Crippen LogP contribution >= 0.6 is 0 Å². The van der Waals surface area contributed by atoms with Crippen molar-refractivity contribution in [3.05, 3.63) is 53.1 Å². The smallest absolute Gasteiger partial charge is 0.265 e. The molecule has 0 N–H and O–H groups in total. The number of rotatable bonds is 4. The van der Waals surface area contributed by atoms with Crippen molar-refractivity contribution in [1.29, 1.82) is 0 Å². The van der Waals surface area contributed by atoms with Gasteiger partial charge in [-0.15, -0.1) is 0 Å². The molecule has 0 aliphatic carbocycles. The lowest BCUT2D eigenvalue weighted by atomic mass is 10.1. The summed E-state index contributed by atoms with van der Waals surface area (Å²) in [6.07, 6.45) is 2.02. The quantitative estimate of drug-likeness (QED) is 0.678. The summed E-state index contributed by atoms with van der Waals surface area (Å²) >= 11 is 0. The van der Waals surface area contributed by atoms with E-state index in [1.165, 1.54) is 21.7 Å². The third kappa shape index (κ3) is 4.70. The zero-order chi connectivity index (χ0) is 24.5. The van der Waals surface area contributed by atoms with Crippen LogP contribution in [-0.2, 0) is 9.59 Å². The molecule has 0 unspecified atom stereocenters. The zero-order valence-electron chi connectivity index (χ0n) is 20.5. The molecule has 2 aromatic rings. The average Bonchev–Trinajstić information content (AvgIpc) is 3.41. The second kappa shape index (κ2) is 9.60. The first kappa shape index (κ1) is 23.2. The summed E-state index contributed by atoms with van der Waals surface area (Å²) < 4.78 is 5.59. The number of anilines is 2. The van der Waals surface area contributed by atoms with Gasteiger partial charge < -0.3 is 19.4 Å². The minimum atomic E-state index is -0.273. The molecule has 3 amide bonds. The van der Waals surface area contributed by atoms with Crippen molar-refractivity contribution in [2.24, 2.45) is 0 Å². The van der Waals surface area contributed by atoms with Crippen LogP contribution in [0.25, 0.3) is 0 Å². The van der Waals surface area contributed by atoms with Gasteiger partial charge in [-0.1, -0.05) is 12.1 Å². The molecule has 0 radical (unpaired) electrons. The highest BCUT2D eigenvalue weighted by Crippen LogP contribution is 2.34. The Kier molecular flexibility index (Phi) is 6.36. The first-order valence-electron chi connectivity index (χ1n) is 12.4. The number of piperazine rings is 1. The normalized spacial score (nSPS) is 17.9. The molecule has 3 aliphatic heterocycles. The number of carbonyl (C=O) groups is 3. The number of likely N-dealkylation sites (tertiary alicyclic amines) is 1. The fraction of sp³-hybridized carbons (Fsp3) is 0.444. The van der Waals surface area contributed by atoms with Crippen LogP contribution in [0.15, 0.2) is 36.4 Å². The Morgan fingerprint density at radius 2 is 1.60 bits per heavy atom. The Balaban J connectivity index is 1.27. The van der Waals surface area contributed by atoms with Crippen LogP contribution in [0.2, 0.25) is 0 Å². The van der Waals surface area contributed by atoms with Gasteiger partial charge in [-0.3, -0.25) is 19.3 Å². The molecule has 0 spiro atoms. The van der Waals surface area contributed by atoms with Gasteiger partial charge in [0.2, 0.25) is 5.91 Å². The lowest BCUT2D eigenvalue weighted by Crippen LogP contribution is -2.53. The van der Waals surface area contributed by atoms with E-state index in [4.69, 9.17) is 4.74 Å². The topological polar surface area (TPSA) is 73.4 Å². The maximum absolute atomic E-state index is 13.2. The predicted octanol–water partition coefficient (Wildman–Crippen LogP) is 2.61. The highest BCUT2D eigenvalue weighted by atomic mass is 16.5. The van der Waals surface area contributed by atoms with E-state index >= 15 is 0 Å². The van der Waals surface area contributed by atoms with Gasteiger partial charge in [0.25, 0.3) is 11.8 Å². The summed E-state index contributed by atoms with van der Waals surface area (Å²) in [5, 5.41) is 0. The van der Waals surface area contributed by atoms with Gasteiger partial charge >= 0.3 is 0 Å². The average molecular weight is 477 g/mol. The van der Waals surface area contributed by atoms with Crippen molar-refractivity contribution in [3.8, 4) is 5.75 Å².